The lowest BCUT2D eigenvalue weighted by Gasteiger charge is -2.10. The van der Waals surface area contributed by atoms with Crippen LogP contribution < -0.4 is 5.32 Å². The molecule has 4 rings (SSSR count). The van der Waals surface area contributed by atoms with Gasteiger partial charge in [-0.3, -0.25) is 4.55 Å². The Morgan fingerprint density at radius 3 is 1.93 bits per heavy atom. The lowest BCUT2D eigenvalue weighted by Crippen LogP contribution is -1.96. The summed E-state index contributed by atoms with van der Waals surface area (Å²) in [5, 5.41) is 14.0. The zero-order chi connectivity index (χ0) is 20.3. The number of azo groups is 1. The molecular formula is C22H17N3O3S. The van der Waals surface area contributed by atoms with Crippen LogP contribution in [0.4, 0.5) is 22.7 Å². The van der Waals surface area contributed by atoms with Crippen LogP contribution in [0.2, 0.25) is 0 Å². The van der Waals surface area contributed by atoms with Crippen molar-refractivity contribution in [1.82, 2.24) is 0 Å². The lowest BCUT2D eigenvalue weighted by molar-refractivity contribution is 0.483. The minimum atomic E-state index is -4.21. The van der Waals surface area contributed by atoms with Gasteiger partial charge in [-0.25, -0.2) is 0 Å². The summed E-state index contributed by atoms with van der Waals surface area (Å²) in [6.45, 7) is 0. The van der Waals surface area contributed by atoms with Crippen LogP contribution in [0.3, 0.4) is 0 Å². The molecule has 0 unspecified atom stereocenters. The predicted molar refractivity (Wildman–Crippen MR) is 114 cm³/mol. The van der Waals surface area contributed by atoms with Crippen LogP contribution in [-0.4, -0.2) is 13.0 Å². The van der Waals surface area contributed by atoms with Gasteiger partial charge in [0, 0.05) is 16.8 Å². The highest BCUT2D eigenvalue weighted by Crippen LogP contribution is 2.28. The summed E-state index contributed by atoms with van der Waals surface area (Å²) in [5.41, 5.74) is 3.09. The van der Waals surface area contributed by atoms with Crippen molar-refractivity contribution in [3.63, 3.8) is 0 Å². The van der Waals surface area contributed by atoms with Gasteiger partial charge in [0.1, 0.15) is 0 Å². The Bertz CT molecular complexity index is 1280. The molecule has 0 aliphatic rings. The third kappa shape index (κ3) is 4.48. The van der Waals surface area contributed by atoms with Gasteiger partial charge >= 0.3 is 0 Å². The third-order valence-corrected chi connectivity index (χ3v) is 5.22. The smallest absolute Gasteiger partial charge is 0.294 e. The lowest BCUT2D eigenvalue weighted by atomic mass is 10.1. The third-order valence-electron chi connectivity index (χ3n) is 4.35. The molecule has 0 atom stereocenters. The van der Waals surface area contributed by atoms with E-state index in [-0.39, 0.29) is 4.90 Å². The van der Waals surface area contributed by atoms with E-state index in [0.29, 0.717) is 11.4 Å². The van der Waals surface area contributed by atoms with Gasteiger partial charge in [-0.05, 0) is 60.0 Å². The van der Waals surface area contributed by atoms with Gasteiger partial charge in [0.25, 0.3) is 10.1 Å². The first-order valence-electron chi connectivity index (χ1n) is 8.83. The van der Waals surface area contributed by atoms with Gasteiger partial charge in [0.2, 0.25) is 0 Å². The molecule has 2 N–H and O–H groups in total. The van der Waals surface area contributed by atoms with Gasteiger partial charge in [0.05, 0.1) is 16.3 Å². The minimum absolute atomic E-state index is 0.180. The van der Waals surface area contributed by atoms with E-state index in [1.165, 1.54) is 29.7 Å². The summed E-state index contributed by atoms with van der Waals surface area (Å²) in [5.74, 6) is 0. The maximum absolute atomic E-state index is 11.1. The maximum Gasteiger partial charge on any atom is 0.294 e. The van der Waals surface area contributed by atoms with Crippen molar-refractivity contribution in [2.24, 2.45) is 10.2 Å². The largest absolute Gasteiger partial charge is 0.355 e. The van der Waals surface area contributed by atoms with E-state index in [1.807, 2.05) is 48.5 Å². The van der Waals surface area contributed by atoms with Crippen molar-refractivity contribution in [3.8, 4) is 0 Å². The average Bonchev–Trinajstić information content (AvgIpc) is 2.73. The molecule has 0 fully saturated rings. The molecule has 0 radical (unpaired) electrons. The van der Waals surface area contributed by atoms with Crippen LogP contribution in [0.15, 0.2) is 106 Å². The Morgan fingerprint density at radius 1 is 0.690 bits per heavy atom. The van der Waals surface area contributed by atoms with E-state index in [0.717, 1.165) is 16.8 Å². The van der Waals surface area contributed by atoms with Gasteiger partial charge < -0.3 is 5.32 Å². The molecular weight excluding hydrogens is 386 g/mol. The molecule has 144 valence electrons. The van der Waals surface area contributed by atoms with Gasteiger partial charge in [-0.15, -0.1) is 0 Å². The molecule has 0 spiro atoms. The molecule has 29 heavy (non-hydrogen) atoms. The topological polar surface area (TPSA) is 91.1 Å². The summed E-state index contributed by atoms with van der Waals surface area (Å²) in [6.07, 6.45) is 0. The highest BCUT2D eigenvalue weighted by Gasteiger charge is 2.08. The number of hydrogen-bond donors (Lipinski definition) is 2. The molecule has 0 saturated carbocycles. The number of anilines is 2. The second-order valence-electron chi connectivity index (χ2n) is 6.37. The van der Waals surface area contributed by atoms with E-state index >= 15 is 0 Å². The quantitative estimate of drug-likeness (QED) is 0.304. The second kappa shape index (κ2) is 7.83. The molecule has 0 aliphatic heterocycles. The van der Waals surface area contributed by atoms with E-state index in [4.69, 9.17) is 4.55 Å². The Hall–Kier alpha value is -3.55. The number of rotatable bonds is 5. The Morgan fingerprint density at radius 2 is 1.28 bits per heavy atom. The van der Waals surface area contributed by atoms with Crippen LogP contribution in [0, 0.1) is 0 Å². The SMILES string of the molecule is O=S(=O)(O)c1ccc(N=Nc2ccc(Nc3cccc4ccccc34)cc2)cc1. The molecule has 0 aliphatic carbocycles. The molecule has 4 aromatic carbocycles. The molecule has 0 aromatic heterocycles. The summed E-state index contributed by atoms with van der Waals surface area (Å²) < 4.78 is 31.1. The fourth-order valence-corrected chi connectivity index (χ4v) is 3.38. The zero-order valence-corrected chi connectivity index (χ0v) is 16.0. The first-order valence-corrected chi connectivity index (χ1v) is 10.3. The number of nitrogens with one attached hydrogen (secondary N) is 1. The van der Waals surface area contributed by atoms with Crippen LogP contribution in [-0.2, 0) is 10.1 Å². The second-order valence-corrected chi connectivity index (χ2v) is 7.79. The van der Waals surface area contributed by atoms with Gasteiger partial charge in [0.15, 0.2) is 0 Å². The molecule has 6 nitrogen and oxygen atoms in total. The monoisotopic (exact) mass is 403 g/mol. The van der Waals surface area contributed by atoms with Crippen molar-refractivity contribution < 1.29 is 13.0 Å². The predicted octanol–water partition coefficient (Wildman–Crippen LogP) is 6.25. The summed E-state index contributed by atoms with van der Waals surface area (Å²) in [4.78, 5) is -0.180. The van der Waals surface area contributed by atoms with Crippen LogP contribution in [0.5, 0.6) is 0 Å². The molecule has 0 saturated heterocycles. The van der Waals surface area contributed by atoms with Crippen molar-refractivity contribution in [2.75, 3.05) is 5.32 Å². The summed E-state index contributed by atoms with van der Waals surface area (Å²) in [6, 6.07) is 27.3. The van der Waals surface area contributed by atoms with Gasteiger partial charge in [-0.1, -0.05) is 36.4 Å². The molecule has 4 aromatic rings. The van der Waals surface area contributed by atoms with Crippen LogP contribution in [0.1, 0.15) is 0 Å². The average molecular weight is 403 g/mol. The first-order chi connectivity index (χ1) is 14.0. The molecule has 7 heteroatoms. The summed E-state index contributed by atoms with van der Waals surface area (Å²) >= 11 is 0. The highest BCUT2D eigenvalue weighted by atomic mass is 32.2. The Labute approximate surface area is 168 Å². The fraction of sp³-hybridized carbons (Fsp3) is 0. The zero-order valence-electron chi connectivity index (χ0n) is 15.2. The van der Waals surface area contributed by atoms with Crippen molar-refractivity contribution in [2.45, 2.75) is 4.90 Å². The Kier molecular flexibility index (Phi) is 5.07. The molecule has 0 bridgehead atoms. The molecule has 0 amide bonds. The minimum Gasteiger partial charge on any atom is -0.355 e. The normalized spacial score (nSPS) is 11.8. The van der Waals surface area contributed by atoms with E-state index in [1.54, 1.807) is 0 Å². The standard InChI is InChI=1S/C22H17N3O3S/c26-29(27,28)20-14-12-19(13-15-20)25-24-18-10-8-17(9-11-18)23-22-7-3-5-16-4-1-2-6-21(16)22/h1-15,23H,(H,26,27,28). The van der Waals surface area contributed by atoms with E-state index in [9.17, 15) is 8.42 Å². The van der Waals surface area contributed by atoms with Crippen molar-refractivity contribution in [1.29, 1.82) is 0 Å². The van der Waals surface area contributed by atoms with Crippen molar-refractivity contribution >= 4 is 43.6 Å². The summed E-state index contributed by atoms with van der Waals surface area (Å²) in [7, 11) is -4.21. The highest BCUT2D eigenvalue weighted by molar-refractivity contribution is 7.85. The number of fused-ring (bicyclic) bond motifs is 1. The number of nitrogens with zero attached hydrogens (tertiary/aromatic N) is 2. The van der Waals surface area contributed by atoms with E-state index in [2.05, 4.69) is 33.7 Å². The van der Waals surface area contributed by atoms with Crippen LogP contribution >= 0.6 is 0 Å². The first kappa shape index (κ1) is 18.8. The van der Waals surface area contributed by atoms with Crippen molar-refractivity contribution in [3.05, 3.63) is 91.0 Å². The molecule has 0 heterocycles. The Balaban J connectivity index is 1.48. The maximum atomic E-state index is 11.1. The van der Waals surface area contributed by atoms with E-state index < -0.39 is 10.1 Å². The van der Waals surface area contributed by atoms with Crippen LogP contribution in [0.25, 0.3) is 10.8 Å². The number of benzene rings is 4. The fourth-order valence-electron chi connectivity index (χ4n) is 2.90. The number of hydrogen-bond acceptors (Lipinski definition) is 5. The van der Waals surface area contributed by atoms with Gasteiger partial charge in [-0.2, -0.15) is 18.6 Å².